The molecule has 10 heteroatoms. The summed E-state index contributed by atoms with van der Waals surface area (Å²) in [6, 6.07) is 11.6. The molecule has 0 unspecified atom stereocenters. The van der Waals surface area contributed by atoms with Gasteiger partial charge in [-0.2, -0.15) is 13.2 Å². The Bertz CT molecular complexity index is 1040. The smallest absolute Gasteiger partial charge is 0.418 e. The van der Waals surface area contributed by atoms with Gasteiger partial charge in [0.25, 0.3) is 5.91 Å². The SMILES string of the molecule is CCN(CC(=O)Nc1ccccc1C(F)(F)F)C(=O)CCN1C(=O)[C@H](C)Oc2ccccc21. The maximum absolute atomic E-state index is 13.1. The average Bonchev–Trinajstić information content (AvgIpc) is 2.77. The molecule has 0 saturated heterocycles. The second-order valence-electron chi connectivity index (χ2n) is 7.47. The summed E-state index contributed by atoms with van der Waals surface area (Å²) < 4.78 is 45.0. The lowest BCUT2D eigenvalue weighted by molar-refractivity contribution is -0.137. The summed E-state index contributed by atoms with van der Waals surface area (Å²) in [5, 5.41) is 2.23. The van der Waals surface area contributed by atoms with E-state index in [2.05, 4.69) is 5.32 Å². The van der Waals surface area contributed by atoms with Gasteiger partial charge in [-0.25, -0.2) is 0 Å². The summed E-state index contributed by atoms with van der Waals surface area (Å²) in [7, 11) is 0. The lowest BCUT2D eigenvalue weighted by Crippen LogP contribution is -2.46. The first-order valence-electron chi connectivity index (χ1n) is 10.4. The van der Waals surface area contributed by atoms with Crippen LogP contribution in [0.5, 0.6) is 5.75 Å². The molecule has 1 heterocycles. The number of benzene rings is 2. The van der Waals surface area contributed by atoms with Crippen LogP contribution in [0.4, 0.5) is 24.5 Å². The molecule has 3 rings (SSSR count). The van der Waals surface area contributed by atoms with Gasteiger partial charge >= 0.3 is 6.18 Å². The van der Waals surface area contributed by atoms with Gasteiger partial charge in [-0.15, -0.1) is 0 Å². The Morgan fingerprint density at radius 1 is 1.12 bits per heavy atom. The predicted molar refractivity (Wildman–Crippen MR) is 116 cm³/mol. The molecule has 1 atom stereocenters. The topological polar surface area (TPSA) is 79.0 Å². The van der Waals surface area contributed by atoms with E-state index in [-0.39, 0.29) is 31.1 Å². The number of halogens is 3. The number of carbonyl (C=O) groups excluding carboxylic acids is 3. The van der Waals surface area contributed by atoms with Crippen LogP contribution in [0.3, 0.4) is 0 Å². The molecular formula is C23H24F3N3O4. The van der Waals surface area contributed by atoms with Gasteiger partial charge < -0.3 is 19.9 Å². The second kappa shape index (κ2) is 9.93. The highest BCUT2D eigenvalue weighted by Gasteiger charge is 2.34. The number of carbonyl (C=O) groups is 3. The van der Waals surface area contributed by atoms with Gasteiger partial charge in [0.2, 0.25) is 11.8 Å². The minimum Gasteiger partial charge on any atom is -0.479 e. The zero-order valence-electron chi connectivity index (χ0n) is 18.2. The van der Waals surface area contributed by atoms with Crippen LogP contribution in [0.1, 0.15) is 25.8 Å². The predicted octanol–water partition coefficient (Wildman–Crippen LogP) is 3.70. The number of fused-ring (bicyclic) bond motifs is 1. The number of ether oxygens (including phenoxy) is 1. The van der Waals surface area contributed by atoms with E-state index >= 15 is 0 Å². The van der Waals surface area contributed by atoms with Gasteiger partial charge in [0.05, 0.1) is 23.5 Å². The van der Waals surface area contributed by atoms with Crippen molar-refractivity contribution in [2.24, 2.45) is 0 Å². The highest BCUT2D eigenvalue weighted by Crippen LogP contribution is 2.35. The van der Waals surface area contributed by atoms with Crippen molar-refractivity contribution in [3.05, 3.63) is 54.1 Å². The van der Waals surface area contributed by atoms with Crippen molar-refractivity contribution in [2.75, 3.05) is 29.9 Å². The first-order valence-corrected chi connectivity index (χ1v) is 10.4. The fraction of sp³-hybridized carbons (Fsp3) is 0.348. The van der Waals surface area contributed by atoms with Crippen LogP contribution in [0.25, 0.3) is 0 Å². The van der Waals surface area contributed by atoms with Crippen molar-refractivity contribution >= 4 is 29.1 Å². The Hall–Kier alpha value is -3.56. The van der Waals surface area contributed by atoms with Crippen molar-refractivity contribution in [1.29, 1.82) is 0 Å². The molecule has 176 valence electrons. The van der Waals surface area contributed by atoms with E-state index in [0.717, 1.165) is 12.1 Å². The van der Waals surface area contributed by atoms with Gasteiger partial charge in [0, 0.05) is 19.5 Å². The van der Waals surface area contributed by atoms with Crippen LogP contribution >= 0.6 is 0 Å². The first-order chi connectivity index (χ1) is 15.6. The maximum atomic E-state index is 13.1. The van der Waals surface area contributed by atoms with Gasteiger partial charge in [-0.05, 0) is 38.1 Å². The molecule has 0 fully saturated rings. The highest BCUT2D eigenvalue weighted by molar-refractivity contribution is 6.00. The molecule has 1 N–H and O–H groups in total. The third kappa shape index (κ3) is 5.63. The Balaban J connectivity index is 1.63. The summed E-state index contributed by atoms with van der Waals surface area (Å²) >= 11 is 0. The van der Waals surface area contributed by atoms with E-state index in [1.807, 2.05) is 0 Å². The zero-order valence-corrected chi connectivity index (χ0v) is 18.2. The molecule has 1 aliphatic heterocycles. The van der Waals surface area contributed by atoms with Crippen molar-refractivity contribution < 1.29 is 32.3 Å². The molecule has 0 aliphatic carbocycles. The Morgan fingerprint density at radius 2 is 1.79 bits per heavy atom. The monoisotopic (exact) mass is 463 g/mol. The second-order valence-corrected chi connectivity index (χ2v) is 7.47. The van der Waals surface area contributed by atoms with Gasteiger partial charge in [-0.3, -0.25) is 14.4 Å². The molecule has 0 bridgehead atoms. The standard InChI is InChI=1S/C23H24F3N3O4/c1-3-28(14-20(30)27-17-9-5-4-8-16(17)23(24,25)26)21(31)12-13-29-18-10-6-7-11-19(18)33-15(2)22(29)32/h4-11,15H,3,12-14H2,1-2H3,(H,27,30)/t15-/m0/s1. The fourth-order valence-electron chi connectivity index (χ4n) is 3.53. The molecule has 0 radical (unpaired) electrons. The van der Waals surface area contributed by atoms with E-state index in [0.29, 0.717) is 11.4 Å². The quantitative estimate of drug-likeness (QED) is 0.679. The zero-order chi connectivity index (χ0) is 24.2. The molecule has 0 aromatic heterocycles. The average molecular weight is 463 g/mol. The van der Waals surface area contributed by atoms with Gasteiger partial charge in [-0.1, -0.05) is 24.3 Å². The largest absolute Gasteiger partial charge is 0.479 e. The minimum absolute atomic E-state index is 0.0624. The van der Waals surface area contributed by atoms with Crippen LogP contribution in [-0.2, 0) is 20.6 Å². The van der Waals surface area contributed by atoms with Crippen LogP contribution in [-0.4, -0.2) is 48.4 Å². The third-order valence-electron chi connectivity index (χ3n) is 5.20. The summed E-state index contributed by atoms with van der Waals surface area (Å²) in [5.41, 5.74) is -0.785. The van der Waals surface area contributed by atoms with E-state index < -0.39 is 36.2 Å². The number of hydrogen-bond acceptors (Lipinski definition) is 4. The van der Waals surface area contributed by atoms with Crippen LogP contribution in [0.2, 0.25) is 0 Å². The number of para-hydroxylation sites is 3. The van der Waals surface area contributed by atoms with E-state index in [1.54, 1.807) is 38.1 Å². The molecule has 2 aromatic carbocycles. The van der Waals surface area contributed by atoms with Gasteiger partial charge in [0.1, 0.15) is 5.75 Å². The number of hydrogen-bond donors (Lipinski definition) is 1. The summed E-state index contributed by atoms with van der Waals surface area (Å²) in [4.78, 5) is 40.4. The van der Waals surface area contributed by atoms with Gasteiger partial charge in [0.15, 0.2) is 6.10 Å². The van der Waals surface area contributed by atoms with Crippen LogP contribution in [0.15, 0.2) is 48.5 Å². The normalized spacial score (nSPS) is 15.5. The lowest BCUT2D eigenvalue weighted by Gasteiger charge is -2.33. The molecule has 0 saturated carbocycles. The fourth-order valence-corrected chi connectivity index (χ4v) is 3.53. The Morgan fingerprint density at radius 3 is 2.48 bits per heavy atom. The van der Waals surface area contributed by atoms with Crippen molar-refractivity contribution in [2.45, 2.75) is 32.5 Å². The highest BCUT2D eigenvalue weighted by atomic mass is 19.4. The van der Waals surface area contributed by atoms with Crippen molar-refractivity contribution in [3.63, 3.8) is 0 Å². The number of alkyl halides is 3. The molecule has 0 spiro atoms. The first kappa shape index (κ1) is 24.1. The van der Waals surface area contributed by atoms with Crippen molar-refractivity contribution in [1.82, 2.24) is 4.90 Å². The molecule has 7 nitrogen and oxygen atoms in total. The van der Waals surface area contributed by atoms with E-state index in [9.17, 15) is 27.6 Å². The Kier molecular flexibility index (Phi) is 7.25. The van der Waals surface area contributed by atoms with E-state index in [4.69, 9.17) is 4.74 Å². The number of amides is 3. The number of likely N-dealkylation sites (N-methyl/N-ethyl adjacent to an activating group) is 1. The minimum atomic E-state index is -4.62. The van der Waals surface area contributed by atoms with E-state index in [1.165, 1.54) is 21.9 Å². The Labute approximate surface area is 189 Å². The molecule has 2 aromatic rings. The number of nitrogens with one attached hydrogen (secondary N) is 1. The lowest BCUT2D eigenvalue weighted by atomic mass is 10.1. The van der Waals surface area contributed by atoms with Crippen LogP contribution < -0.4 is 15.0 Å². The maximum Gasteiger partial charge on any atom is 0.418 e. The summed E-state index contributed by atoms with van der Waals surface area (Å²) in [5.74, 6) is -0.900. The summed E-state index contributed by atoms with van der Waals surface area (Å²) in [6.45, 7) is 3.13. The number of rotatable bonds is 7. The molecular weight excluding hydrogens is 439 g/mol. The third-order valence-corrected chi connectivity index (χ3v) is 5.20. The summed E-state index contributed by atoms with van der Waals surface area (Å²) in [6.07, 6.45) is -5.38. The molecule has 33 heavy (non-hydrogen) atoms. The van der Waals surface area contributed by atoms with Crippen LogP contribution in [0, 0.1) is 0 Å². The number of nitrogens with zero attached hydrogens (tertiary/aromatic N) is 2. The number of anilines is 2. The molecule has 3 amide bonds. The van der Waals surface area contributed by atoms with Crippen molar-refractivity contribution in [3.8, 4) is 5.75 Å². The molecule has 1 aliphatic rings.